The van der Waals surface area contributed by atoms with Crippen molar-refractivity contribution in [3.8, 4) is 0 Å². The summed E-state index contributed by atoms with van der Waals surface area (Å²) in [6.07, 6.45) is 2.85. The molecule has 1 atom stereocenters. The third-order valence-electron chi connectivity index (χ3n) is 2.95. The summed E-state index contributed by atoms with van der Waals surface area (Å²) < 4.78 is 0. The molecule has 1 aromatic carbocycles. The molecular formula is C15H22N2O. The van der Waals surface area contributed by atoms with Crippen molar-refractivity contribution in [2.24, 2.45) is 0 Å². The van der Waals surface area contributed by atoms with Crippen LogP contribution in [0.4, 0.5) is 5.69 Å². The van der Waals surface area contributed by atoms with Gasteiger partial charge < -0.3 is 10.6 Å². The number of hydrogen-bond donors (Lipinski definition) is 2. The number of amides is 1. The second-order valence-electron chi connectivity index (χ2n) is 4.40. The van der Waals surface area contributed by atoms with Gasteiger partial charge in [-0.2, -0.15) is 0 Å². The maximum Gasteiger partial charge on any atom is 0.238 e. The van der Waals surface area contributed by atoms with Crippen molar-refractivity contribution in [1.29, 1.82) is 0 Å². The van der Waals surface area contributed by atoms with Gasteiger partial charge in [0.15, 0.2) is 0 Å². The maximum atomic E-state index is 11.6. The number of hydrogen-bond acceptors (Lipinski definition) is 2. The molecule has 1 aromatic rings. The van der Waals surface area contributed by atoms with E-state index in [-0.39, 0.29) is 5.91 Å². The molecule has 3 nitrogen and oxygen atoms in total. The molecule has 0 saturated heterocycles. The Morgan fingerprint density at radius 3 is 2.61 bits per heavy atom. The predicted octanol–water partition coefficient (Wildman–Crippen LogP) is 2.91. The summed E-state index contributed by atoms with van der Waals surface area (Å²) in [5, 5.41) is 5.81. The summed E-state index contributed by atoms with van der Waals surface area (Å²) in [6, 6.07) is 8.04. The first-order valence-electron chi connectivity index (χ1n) is 6.38. The van der Waals surface area contributed by atoms with Crippen LogP contribution in [0.25, 0.3) is 0 Å². The van der Waals surface area contributed by atoms with Crippen LogP contribution in [0.1, 0.15) is 31.7 Å². The number of anilines is 1. The van der Waals surface area contributed by atoms with Crippen LogP contribution in [0.3, 0.4) is 0 Å². The molecule has 0 spiro atoms. The molecule has 0 heterocycles. The van der Waals surface area contributed by atoms with Crippen LogP contribution < -0.4 is 10.6 Å². The van der Waals surface area contributed by atoms with Crippen molar-refractivity contribution < 1.29 is 4.79 Å². The van der Waals surface area contributed by atoms with E-state index < -0.39 is 0 Å². The highest BCUT2D eigenvalue weighted by atomic mass is 16.1. The van der Waals surface area contributed by atoms with E-state index in [1.165, 1.54) is 5.56 Å². The summed E-state index contributed by atoms with van der Waals surface area (Å²) >= 11 is 0. The first-order chi connectivity index (χ1) is 8.67. The lowest BCUT2D eigenvalue weighted by Gasteiger charge is -2.10. The molecule has 2 N–H and O–H groups in total. The molecule has 1 unspecified atom stereocenters. The van der Waals surface area contributed by atoms with Crippen LogP contribution in [-0.2, 0) is 4.79 Å². The summed E-state index contributed by atoms with van der Waals surface area (Å²) in [6.45, 7) is 8.90. The molecule has 0 fully saturated rings. The second kappa shape index (κ2) is 7.67. The van der Waals surface area contributed by atoms with Crippen LogP contribution in [-0.4, -0.2) is 19.0 Å². The van der Waals surface area contributed by atoms with Gasteiger partial charge in [-0.3, -0.25) is 4.79 Å². The smallest absolute Gasteiger partial charge is 0.238 e. The lowest BCUT2D eigenvalue weighted by atomic mass is 9.99. The van der Waals surface area contributed by atoms with E-state index in [1.54, 1.807) is 6.08 Å². The summed E-state index contributed by atoms with van der Waals surface area (Å²) in [4.78, 5) is 11.6. The van der Waals surface area contributed by atoms with E-state index in [0.717, 1.165) is 12.1 Å². The largest absolute Gasteiger partial charge is 0.325 e. The van der Waals surface area contributed by atoms with Crippen molar-refractivity contribution in [2.45, 2.75) is 26.2 Å². The van der Waals surface area contributed by atoms with Gasteiger partial charge in [0.2, 0.25) is 5.91 Å². The zero-order chi connectivity index (χ0) is 13.4. The van der Waals surface area contributed by atoms with Gasteiger partial charge in [-0.05, 0) is 30.0 Å². The normalized spacial score (nSPS) is 11.9. The Bertz CT molecular complexity index is 384. The maximum absolute atomic E-state index is 11.6. The van der Waals surface area contributed by atoms with Gasteiger partial charge in [0, 0.05) is 12.2 Å². The zero-order valence-electron chi connectivity index (χ0n) is 11.2. The molecule has 98 valence electrons. The average molecular weight is 246 g/mol. The molecule has 0 aromatic heterocycles. The molecule has 1 amide bonds. The van der Waals surface area contributed by atoms with Crippen molar-refractivity contribution in [3.63, 3.8) is 0 Å². The van der Waals surface area contributed by atoms with Crippen LogP contribution in [0, 0.1) is 0 Å². The molecule has 1 rings (SSSR count). The first-order valence-corrected chi connectivity index (χ1v) is 6.38. The molecule has 0 bridgehead atoms. The Morgan fingerprint density at radius 1 is 1.39 bits per heavy atom. The van der Waals surface area contributed by atoms with Crippen LogP contribution in [0.2, 0.25) is 0 Å². The van der Waals surface area contributed by atoms with Crippen molar-refractivity contribution >= 4 is 11.6 Å². The second-order valence-corrected chi connectivity index (χ2v) is 4.40. The number of benzene rings is 1. The van der Waals surface area contributed by atoms with Gasteiger partial charge in [0.05, 0.1) is 6.54 Å². The van der Waals surface area contributed by atoms with E-state index in [4.69, 9.17) is 0 Å². The predicted molar refractivity (Wildman–Crippen MR) is 76.8 cm³/mol. The highest BCUT2D eigenvalue weighted by Crippen LogP contribution is 2.20. The van der Waals surface area contributed by atoms with E-state index in [1.807, 2.05) is 12.1 Å². The van der Waals surface area contributed by atoms with Crippen LogP contribution in [0.15, 0.2) is 36.9 Å². The summed E-state index contributed by atoms with van der Waals surface area (Å²) in [5.74, 6) is 0.525. The average Bonchev–Trinajstić information content (AvgIpc) is 2.39. The topological polar surface area (TPSA) is 41.1 Å². The van der Waals surface area contributed by atoms with Gasteiger partial charge in [0.25, 0.3) is 0 Å². The molecular weight excluding hydrogens is 224 g/mol. The van der Waals surface area contributed by atoms with Crippen molar-refractivity contribution in [1.82, 2.24) is 5.32 Å². The fourth-order valence-electron chi connectivity index (χ4n) is 1.62. The summed E-state index contributed by atoms with van der Waals surface area (Å²) in [5.41, 5.74) is 2.15. The lowest BCUT2D eigenvalue weighted by Crippen LogP contribution is -2.28. The minimum absolute atomic E-state index is 0.0341. The number of nitrogens with one attached hydrogen (secondary N) is 2. The molecule has 18 heavy (non-hydrogen) atoms. The fourth-order valence-corrected chi connectivity index (χ4v) is 1.62. The number of carbonyl (C=O) groups excluding carboxylic acids is 1. The Kier molecular flexibility index (Phi) is 6.15. The summed E-state index contributed by atoms with van der Waals surface area (Å²) in [7, 11) is 0. The quantitative estimate of drug-likeness (QED) is 0.573. The molecule has 0 saturated carbocycles. The Balaban J connectivity index is 2.48. The molecule has 0 aliphatic heterocycles. The Hall–Kier alpha value is -1.61. The number of carbonyl (C=O) groups is 1. The molecule has 0 aliphatic carbocycles. The van der Waals surface area contributed by atoms with Gasteiger partial charge >= 0.3 is 0 Å². The van der Waals surface area contributed by atoms with Crippen LogP contribution in [0.5, 0.6) is 0 Å². The monoisotopic (exact) mass is 246 g/mol. The highest BCUT2D eigenvalue weighted by Gasteiger charge is 2.04. The van der Waals surface area contributed by atoms with Gasteiger partial charge in [0.1, 0.15) is 0 Å². The van der Waals surface area contributed by atoms with Crippen LogP contribution >= 0.6 is 0 Å². The third-order valence-corrected chi connectivity index (χ3v) is 2.95. The van der Waals surface area contributed by atoms with E-state index in [9.17, 15) is 4.79 Å². The highest BCUT2D eigenvalue weighted by molar-refractivity contribution is 5.92. The van der Waals surface area contributed by atoms with Crippen molar-refractivity contribution in [2.75, 3.05) is 18.4 Å². The molecule has 3 heteroatoms. The minimum atomic E-state index is -0.0341. The minimum Gasteiger partial charge on any atom is -0.325 e. The van der Waals surface area contributed by atoms with Gasteiger partial charge in [-0.15, -0.1) is 6.58 Å². The SMILES string of the molecule is C=CCNCC(=O)Nc1ccc(C(C)CC)cc1. The van der Waals surface area contributed by atoms with E-state index >= 15 is 0 Å². The Morgan fingerprint density at radius 2 is 2.06 bits per heavy atom. The Labute approximate surface area is 109 Å². The fraction of sp³-hybridized carbons (Fsp3) is 0.400. The van der Waals surface area contributed by atoms with Gasteiger partial charge in [-0.1, -0.05) is 32.1 Å². The molecule has 0 radical (unpaired) electrons. The van der Waals surface area contributed by atoms with Gasteiger partial charge in [-0.25, -0.2) is 0 Å². The van der Waals surface area contributed by atoms with E-state index in [0.29, 0.717) is 19.0 Å². The third kappa shape index (κ3) is 4.72. The standard InChI is InChI=1S/C15H22N2O/c1-4-10-16-11-15(18)17-14-8-6-13(7-9-14)12(3)5-2/h4,6-9,12,16H,1,5,10-11H2,2-3H3,(H,17,18). The zero-order valence-corrected chi connectivity index (χ0v) is 11.2. The molecule has 0 aliphatic rings. The lowest BCUT2D eigenvalue weighted by molar-refractivity contribution is -0.115. The first kappa shape index (κ1) is 14.5. The van der Waals surface area contributed by atoms with E-state index in [2.05, 4.69) is 43.2 Å². The number of rotatable bonds is 7. The van der Waals surface area contributed by atoms with Crippen molar-refractivity contribution in [3.05, 3.63) is 42.5 Å².